The number of aromatic nitrogens is 3. The number of aryl methyl sites for hydroxylation is 1. The largest absolute Gasteiger partial charge is 0.293 e. The van der Waals surface area contributed by atoms with Crippen molar-refractivity contribution < 1.29 is 8.42 Å². The van der Waals surface area contributed by atoms with Gasteiger partial charge in [0.1, 0.15) is 0 Å². The summed E-state index contributed by atoms with van der Waals surface area (Å²) in [6.07, 6.45) is 3.51. The summed E-state index contributed by atoms with van der Waals surface area (Å²) in [5.74, 6) is 0. The standard InChI is InChI=1S/C13H16N4O2S2/c1-9-15-11(8-20-9)7-17-4-3-12-10(6-17)5-14-13(16-12)21(2,18)19/h5,8H,3-4,6-7H2,1-2H3. The van der Waals surface area contributed by atoms with Crippen molar-refractivity contribution in [1.82, 2.24) is 19.9 Å². The van der Waals surface area contributed by atoms with Gasteiger partial charge in [-0.3, -0.25) is 4.90 Å². The number of rotatable bonds is 3. The molecule has 3 heterocycles. The van der Waals surface area contributed by atoms with Crippen LogP contribution in [0.15, 0.2) is 16.7 Å². The van der Waals surface area contributed by atoms with Crippen LogP contribution in [-0.4, -0.2) is 41.1 Å². The van der Waals surface area contributed by atoms with E-state index in [1.165, 1.54) is 0 Å². The van der Waals surface area contributed by atoms with Crippen molar-refractivity contribution in [2.24, 2.45) is 0 Å². The van der Waals surface area contributed by atoms with E-state index >= 15 is 0 Å². The minimum Gasteiger partial charge on any atom is -0.293 e. The molecule has 1 aliphatic rings. The lowest BCUT2D eigenvalue weighted by atomic mass is 10.1. The Morgan fingerprint density at radius 2 is 2.19 bits per heavy atom. The first kappa shape index (κ1) is 14.6. The molecule has 8 heteroatoms. The number of sulfone groups is 1. The molecule has 2 aromatic rings. The third kappa shape index (κ3) is 3.28. The molecule has 0 bridgehead atoms. The molecule has 0 fully saturated rings. The summed E-state index contributed by atoms with van der Waals surface area (Å²) < 4.78 is 23.0. The smallest absolute Gasteiger partial charge is 0.246 e. The maximum Gasteiger partial charge on any atom is 0.246 e. The Morgan fingerprint density at radius 3 is 2.86 bits per heavy atom. The molecule has 112 valence electrons. The van der Waals surface area contributed by atoms with Gasteiger partial charge in [-0.2, -0.15) is 0 Å². The Hall–Kier alpha value is -1.38. The Morgan fingerprint density at radius 1 is 1.38 bits per heavy atom. The van der Waals surface area contributed by atoms with Gasteiger partial charge in [-0.1, -0.05) is 0 Å². The van der Waals surface area contributed by atoms with Gasteiger partial charge in [0, 0.05) is 49.5 Å². The molecule has 0 atom stereocenters. The summed E-state index contributed by atoms with van der Waals surface area (Å²) in [6.45, 7) is 4.39. The molecule has 0 unspecified atom stereocenters. The van der Waals surface area contributed by atoms with Crippen LogP contribution < -0.4 is 0 Å². The van der Waals surface area contributed by atoms with Gasteiger partial charge < -0.3 is 0 Å². The number of nitrogens with zero attached hydrogens (tertiary/aromatic N) is 4. The van der Waals surface area contributed by atoms with E-state index in [0.29, 0.717) is 0 Å². The van der Waals surface area contributed by atoms with E-state index < -0.39 is 9.84 Å². The Bertz CT molecular complexity index is 770. The van der Waals surface area contributed by atoms with E-state index in [4.69, 9.17) is 0 Å². The van der Waals surface area contributed by atoms with E-state index in [-0.39, 0.29) is 5.16 Å². The lowest BCUT2D eigenvalue weighted by Crippen LogP contribution is -2.31. The summed E-state index contributed by atoms with van der Waals surface area (Å²) in [6, 6.07) is 0. The number of hydrogen-bond donors (Lipinski definition) is 0. The minimum atomic E-state index is -3.34. The normalized spacial score (nSPS) is 15.9. The summed E-state index contributed by atoms with van der Waals surface area (Å²) in [5.41, 5.74) is 2.92. The van der Waals surface area contributed by atoms with Gasteiger partial charge >= 0.3 is 0 Å². The van der Waals surface area contributed by atoms with Crippen molar-refractivity contribution in [2.45, 2.75) is 31.6 Å². The fourth-order valence-electron chi connectivity index (χ4n) is 2.38. The van der Waals surface area contributed by atoms with Crippen molar-refractivity contribution >= 4 is 21.2 Å². The van der Waals surface area contributed by atoms with Crippen LogP contribution in [0.5, 0.6) is 0 Å². The van der Waals surface area contributed by atoms with Crippen molar-refractivity contribution in [3.63, 3.8) is 0 Å². The van der Waals surface area contributed by atoms with Crippen LogP contribution in [0.3, 0.4) is 0 Å². The molecule has 0 spiro atoms. The zero-order valence-corrected chi connectivity index (χ0v) is 13.5. The first-order chi connectivity index (χ1) is 9.91. The van der Waals surface area contributed by atoms with E-state index in [2.05, 4.69) is 25.2 Å². The lowest BCUT2D eigenvalue weighted by molar-refractivity contribution is 0.239. The summed E-state index contributed by atoms with van der Waals surface area (Å²) in [4.78, 5) is 14.9. The highest BCUT2D eigenvalue weighted by Crippen LogP contribution is 2.20. The highest BCUT2D eigenvalue weighted by molar-refractivity contribution is 7.90. The van der Waals surface area contributed by atoms with E-state index in [0.717, 1.165) is 54.3 Å². The molecular formula is C13H16N4O2S2. The predicted octanol–water partition coefficient (Wildman–Crippen LogP) is 1.20. The zero-order chi connectivity index (χ0) is 15.0. The predicted molar refractivity (Wildman–Crippen MR) is 79.8 cm³/mol. The van der Waals surface area contributed by atoms with Crippen LogP contribution in [0.4, 0.5) is 0 Å². The molecular weight excluding hydrogens is 308 g/mol. The lowest BCUT2D eigenvalue weighted by Gasteiger charge is -2.27. The molecule has 3 rings (SSSR count). The Labute approximate surface area is 127 Å². The first-order valence-corrected chi connectivity index (χ1v) is 9.37. The van der Waals surface area contributed by atoms with Crippen molar-refractivity contribution in [3.8, 4) is 0 Å². The van der Waals surface area contributed by atoms with Gasteiger partial charge in [0.25, 0.3) is 0 Å². The molecule has 0 N–H and O–H groups in total. The highest BCUT2D eigenvalue weighted by Gasteiger charge is 2.21. The molecule has 0 radical (unpaired) electrons. The fraction of sp³-hybridized carbons (Fsp3) is 0.462. The SMILES string of the molecule is Cc1nc(CN2CCc3nc(S(C)(=O)=O)ncc3C2)cs1. The summed E-state index contributed by atoms with van der Waals surface area (Å²) in [5, 5.41) is 3.07. The van der Waals surface area contributed by atoms with Gasteiger partial charge in [-0.15, -0.1) is 11.3 Å². The molecule has 0 saturated heterocycles. The third-order valence-corrected chi connectivity index (χ3v) is 5.06. The van der Waals surface area contributed by atoms with Crippen LogP contribution >= 0.6 is 11.3 Å². The Kier molecular flexibility index (Phi) is 3.76. The molecule has 1 aliphatic heterocycles. The van der Waals surface area contributed by atoms with Crippen LogP contribution in [0.1, 0.15) is 22.0 Å². The maximum absolute atomic E-state index is 11.5. The summed E-state index contributed by atoms with van der Waals surface area (Å²) >= 11 is 1.65. The quantitative estimate of drug-likeness (QED) is 0.790. The van der Waals surface area contributed by atoms with Crippen LogP contribution in [0.2, 0.25) is 0 Å². The maximum atomic E-state index is 11.5. The second kappa shape index (κ2) is 5.43. The van der Waals surface area contributed by atoms with Crippen LogP contribution in [-0.2, 0) is 29.3 Å². The van der Waals surface area contributed by atoms with Crippen molar-refractivity contribution in [3.05, 3.63) is 33.5 Å². The zero-order valence-electron chi connectivity index (χ0n) is 11.9. The van der Waals surface area contributed by atoms with Crippen LogP contribution in [0, 0.1) is 6.92 Å². The van der Waals surface area contributed by atoms with Gasteiger partial charge in [0.05, 0.1) is 16.4 Å². The van der Waals surface area contributed by atoms with Crippen LogP contribution in [0.25, 0.3) is 0 Å². The molecule has 0 aromatic carbocycles. The molecule has 2 aromatic heterocycles. The monoisotopic (exact) mass is 324 g/mol. The molecule has 21 heavy (non-hydrogen) atoms. The van der Waals surface area contributed by atoms with Crippen molar-refractivity contribution in [2.75, 3.05) is 12.8 Å². The third-order valence-electron chi connectivity index (χ3n) is 3.37. The van der Waals surface area contributed by atoms with Gasteiger partial charge in [0.2, 0.25) is 15.0 Å². The second-order valence-electron chi connectivity index (χ2n) is 5.22. The minimum absolute atomic E-state index is 0.0789. The Balaban J connectivity index is 1.77. The number of hydrogen-bond acceptors (Lipinski definition) is 7. The number of thiazole rings is 1. The summed E-state index contributed by atoms with van der Waals surface area (Å²) in [7, 11) is -3.34. The fourth-order valence-corrected chi connectivity index (χ4v) is 3.50. The van der Waals surface area contributed by atoms with E-state index in [9.17, 15) is 8.42 Å². The van der Waals surface area contributed by atoms with E-state index in [1.54, 1.807) is 17.5 Å². The van der Waals surface area contributed by atoms with Gasteiger partial charge in [-0.25, -0.2) is 23.4 Å². The van der Waals surface area contributed by atoms with E-state index in [1.807, 2.05) is 6.92 Å². The molecule has 0 saturated carbocycles. The topological polar surface area (TPSA) is 76.1 Å². The molecule has 6 nitrogen and oxygen atoms in total. The highest BCUT2D eigenvalue weighted by atomic mass is 32.2. The second-order valence-corrected chi connectivity index (χ2v) is 8.19. The average molecular weight is 324 g/mol. The number of fused-ring (bicyclic) bond motifs is 1. The first-order valence-electron chi connectivity index (χ1n) is 6.60. The average Bonchev–Trinajstić information content (AvgIpc) is 2.82. The van der Waals surface area contributed by atoms with Gasteiger partial charge in [0.15, 0.2) is 0 Å². The molecule has 0 aliphatic carbocycles. The van der Waals surface area contributed by atoms with Gasteiger partial charge in [-0.05, 0) is 6.92 Å². The molecule has 0 amide bonds. The van der Waals surface area contributed by atoms with Crippen molar-refractivity contribution in [1.29, 1.82) is 0 Å².